The minimum absolute atomic E-state index is 0.117. The largest absolute Gasteiger partial charge is 0.507 e. The van der Waals surface area contributed by atoms with Crippen LogP contribution in [0, 0.1) is 5.82 Å². The number of nitrogens with zero attached hydrogens (tertiary/aromatic N) is 2. The number of nitrogens with one attached hydrogen (secondary N) is 1. The Morgan fingerprint density at radius 1 is 1.20 bits per heavy atom. The van der Waals surface area contributed by atoms with Gasteiger partial charge < -0.3 is 20.3 Å². The molecule has 4 rings (SSSR count). The number of fused-ring (bicyclic) bond motifs is 1. The molecule has 1 aliphatic rings. The number of aliphatic carboxylic acids is 1. The van der Waals surface area contributed by atoms with Crippen LogP contribution in [0.4, 0.5) is 15.0 Å². The van der Waals surface area contributed by atoms with Gasteiger partial charge in [0.15, 0.2) is 5.82 Å². The van der Waals surface area contributed by atoms with Gasteiger partial charge in [-0.05, 0) is 63.8 Å². The molecule has 0 amide bonds. The van der Waals surface area contributed by atoms with Crippen LogP contribution < -0.4 is 5.32 Å². The Balaban J connectivity index is 1.72. The minimum atomic E-state index is -1.33. The van der Waals surface area contributed by atoms with E-state index in [1.807, 2.05) is 12.1 Å². The van der Waals surface area contributed by atoms with Crippen molar-refractivity contribution in [2.24, 2.45) is 0 Å². The predicted octanol–water partition coefficient (Wildman–Crippen LogP) is 5.18. The van der Waals surface area contributed by atoms with Crippen LogP contribution in [0.25, 0.3) is 22.3 Å². The average Bonchev–Trinajstić information content (AvgIpc) is 3.12. The van der Waals surface area contributed by atoms with Crippen molar-refractivity contribution in [2.75, 3.05) is 5.32 Å². The number of phenols is 1. The summed E-state index contributed by atoms with van der Waals surface area (Å²) in [4.78, 5) is 34.1. The number of para-hydroxylation sites is 1. The average molecular weight is 479 g/mol. The molecular weight excluding hydrogens is 452 g/mol. The van der Waals surface area contributed by atoms with Gasteiger partial charge in [-0.25, -0.2) is 14.4 Å². The summed E-state index contributed by atoms with van der Waals surface area (Å²) >= 11 is 0. The molecule has 0 aliphatic carbocycles. The number of hydrogen-bond acceptors (Lipinski definition) is 7. The minimum Gasteiger partial charge on any atom is -0.507 e. The van der Waals surface area contributed by atoms with Gasteiger partial charge in [-0.3, -0.25) is 9.59 Å². The quantitative estimate of drug-likeness (QED) is 0.428. The Morgan fingerprint density at radius 2 is 1.91 bits per heavy atom. The Morgan fingerprint density at radius 3 is 2.60 bits per heavy atom. The first-order valence-corrected chi connectivity index (χ1v) is 11.4. The maximum atomic E-state index is 13.9. The van der Waals surface area contributed by atoms with Crippen LogP contribution in [0.15, 0.2) is 42.5 Å². The second-order valence-corrected chi connectivity index (χ2v) is 10.2. The molecule has 1 fully saturated rings. The summed E-state index contributed by atoms with van der Waals surface area (Å²) in [6.45, 7) is 5.93. The van der Waals surface area contributed by atoms with Crippen molar-refractivity contribution >= 4 is 35.3 Å². The van der Waals surface area contributed by atoms with Crippen LogP contribution in [0.1, 0.15) is 34.1 Å². The van der Waals surface area contributed by atoms with Crippen LogP contribution in [-0.4, -0.2) is 50.4 Å². The number of hydrogen-bond donors (Lipinski definition) is 3. The number of aromatic hydroxyl groups is 1. The van der Waals surface area contributed by atoms with E-state index in [-0.39, 0.29) is 29.9 Å². The van der Waals surface area contributed by atoms with E-state index < -0.39 is 41.3 Å². The Kier molecular flexibility index (Phi) is 6.17. The van der Waals surface area contributed by atoms with Gasteiger partial charge in [0.1, 0.15) is 23.0 Å². The second-order valence-electron chi connectivity index (χ2n) is 10.2. The lowest BCUT2D eigenvalue weighted by molar-refractivity contribution is -0.140. The maximum absolute atomic E-state index is 13.9. The first-order chi connectivity index (χ1) is 16.4. The van der Waals surface area contributed by atoms with Gasteiger partial charge in [0.05, 0.1) is 16.4 Å². The van der Waals surface area contributed by atoms with Crippen molar-refractivity contribution < 1.29 is 28.9 Å². The first-order valence-electron chi connectivity index (χ1n) is 11.4. The smallest absolute Gasteiger partial charge is 0.302 e. The Labute approximate surface area is 202 Å². The van der Waals surface area contributed by atoms with Crippen molar-refractivity contribution in [3.63, 3.8) is 0 Å². The lowest BCUT2D eigenvalue weighted by Crippen LogP contribution is -2.42. The molecule has 10 heteroatoms. The van der Waals surface area contributed by atoms with Gasteiger partial charge in [0, 0.05) is 11.4 Å². The van der Waals surface area contributed by atoms with Crippen LogP contribution in [0.5, 0.6) is 5.75 Å². The van der Waals surface area contributed by atoms with E-state index in [1.165, 1.54) is 6.07 Å². The third kappa shape index (κ3) is 4.92. The number of phenolic OH excluding ortho intramolecular Hbond substituents is 1. The molecule has 0 saturated carbocycles. The molecule has 0 bridgehead atoms. The van der Waals surface area contributed by atoms with E-state index in [2.05, 4.69) is 15.3 Å². The summed E-state index contributed by atoms with van der Waals surface area (Å²) in [5, 5.41) is 22.9. The van der Waals surface area contributed by atoms with Crippen molar-refractivity contribution in [1.29, 1.82) is 0 Å². The second kappa shape index (κ2) is 8.83. The fourth-order valence-electron chi connectivity index (χ4n) is 4.55. The molecule has 0 spiro atoms. The molecule has 3 N–H and O–H groups in total. The van der Waals surface area contributed by atoms with Gasteiger partial charge in [-0.15, -0.1) is 0 Å². The zero-order valence-corrected chi connectivity index (χ0v) is 20.0. The zero-order valence-electron chi connectivity index (χ0n) is 20.0. The summed E-state index contributed by atoms with van der Waals surface area (Å²) < 4.78 is 19.4. The fourth-order valence-corrected chi connectivity index (χ4v) is 4.55. The van der Waals surface area contributed by atoms with Gasteiger partial charge in [-0.1, -0.05) is 19.1 Å². The molecule has 1 aliphatic heterocycles. The highest BCUT2D eigenvalue weighted by Crippen LogP contribution is 2.47. The van der Waals surface area contributed by atoms with Crippen LogP contribution >= 0.6 is 0 Å². The molecule has 2 heterocycles. The number of carboxylic acid groups (broad SMARTS) is 1. The Hall–Kier alpha value is -3.69. The number of anilines is 1. The highest BCUT2D eigenvalue weighted by Gasteiger charge is 2.57. The number of carbonyl (C=O) groups is 2. The van der Waals surface area contributed by atoms with Crippen LogP contribution in [0.3, 0.4) is 0 Å². The van der Waals surface area contributed by atoms with E-state index >= 15 is 0 Å². The van der Waals surface area contributed by atoms with Gasteiger partial charge >= 0.3 is 5.97 Å². The maximum Gasteiger partial charge on any atom is 0.302 e. The molecule has 1 aromatic heterocycles. The predicted molar refractivity (Wildman–Crippen MR) is 131 cm³/mol. The number of halogens is 1. The molecule has 2 atom stereocenters. The lowest BCUT2D eigenvalue weighted by atomic mass is 9.35. The van der Waals surface area contributed by atoms with Crippen LogP contribution in [-0.2, 0) is 9.53 Å². The van der Waals surface area contributed by atoms with E-state index in [4.69, 9.17) is 4.74 Å². The molecule has 35 heavy (non-hydrogen) atoms. The molecule has 0 radical (unpaired) electrons. The van der Waals surface area contributed by atoms with E-state index in [0.717, 1.165) is 12.1 Å². The number of carbonyl (C=O) groups excluding carboxylic acids is 1. The summed E-state index contributed by atoms with van der Waals surface area (Å²) in [5.74, 6) is -1.82. The zero-order chi connectivity index (χ0) is 25.5. The van der Waals surface area contributed by atoms with Crippen molar-refractivity contribution in [3.8, 4) is 17.1 Å². The highest BCUT2D eigenvalue weighted by atomic mass is 19.1. The summed E-state index contributed by atoms with van der Waals surface area (Å²) in [6.07, 6.45) is 0.404. The molecule has 2 aromatic carbocycles. The molecule has 3 aromatic rings. The van der Waals surface area contributed by atoms with Gasteiger partial charge in [0.2, 0.25) is 0 Å². The van der Waals surface area contributed by atoms with Crippen molar-refractivity contribution in [1.82, 2.24) is 9.97 Å². The first kappa shape index (κ1) is 24.4. The van der Waals surface area contributed by atoms with E-state index in [1.54, 1.807) is 39.8 Å². The standard InChI is InChI=1S/C25H27BFN3O5/c1-24(2,3)35-23(34)26-13-15(12-25(26,4)22(32)33)28-20-16-7-5-6-8-18(16)29-21(30-20)17-11-14(27)9-10-19(17)31/h5-11,15,31H,12-13H2,1-4H3,(H,32,33)(H,28,29,30)/t15-,25+/m0/s1. The monoisotopic (exact) mass is 479 g/mol. The van der Waals surface area contributed by atoms with Crippen LogP contribution in [0.2, 0.25) is 11.6 Å². The molecule has 182 valence electrons. The molecule has 1 saturated heterocycles. The lowest BCUT2D eigenvalue weighted by Gasteiger charge is -2.27. The summed E-state index contributed by atoms with van der Waals surface area (Å²) in [6, 6.07) is 10.3. The topological polar surface area (TPSA) is 122 Å². The summed E-state index contributed by atoms with van der Waals surface area (Å²) in [5.41, 5.74) is -0.0502. The third-order valence-corrected chi connectivity index (χ3v) is 6.28. The highest BCUT2D eigenvalue weighted by molar-refractivity contribution is 6.93. The van der Waals surface area contributed by atoms with Crippen molar-refractivity contribution in [2.45, 2.75) is 57.4 Å². The fraction of sp³-hybridized carbons (Fsp3) is 0.360. The van der Waals surface area contributed by atoms with Gasteiger partial charge in [-0.2, -0.15) is 0 Å². The number of carboxylic acids is 1. The van der Waals surface area contributed by atoms with Crippen molar-refractivity contribution in [3.05, 3.63) is 48.3 Å². The molecule has 0 unspecified atom stereocenters. The normalized spacial score (nSPS) is 20.1. The number of ether oxygens (including phenoxy) is 1. The summed E-state index contributed by atoms with van der Waals surface area (Å²) in [7, 11) is 0. The van der Waals surface area contributed by atoms with E-state index in [9.17, 15) is 24.2 Å². The number of benzene rings is 2. The number of aromatic nitrogens is 2. The van der Waals surface area contributed by atoms with E-state index in [0.29, 0.717) is 16.7 Å². The molecular formula is C25H27BFN3O5. The third-order valence-electron chi connectivity index (χ3n) is 6.28. The number of rotatable bonds is 5. The van der Waals surface area contributed by atoms with Gasteiger partial charge in [0.25, 0.3) is 12.6 Å². The SMILES string of the molecule is CC(C)(C)OC(=O)B1C[C@@H](Nc2nc(-c3cc(F)ccc3O)nc3ccccc23)C[C@]1(C)C(=O)O. The molecule has 8 nitrogen and oxygen atoms in total. The Bertz CT molecular complexity index is 1310.